The minimum atomic E-state index is -4.61. The number of unbranched alkanes of at least 4 members (excludes halogenated alkanes) is 19. The Labute approximate surface area is 364 Å². The van der Waals surface area contributed by atoms with Crippen molar-refractivity contribution in [1.29, 1.82) is 0 Å². The van der Waals surface area contributed by atoms with Crippen LogP contribution >= 0.6 is 7.82 Å². The SMILES string of the molecule is CCCCC/C=C\C/C=C\C/C=C\CCCCCCCCC(=O)NC(COP(=O)([O-])OCC[N+](C)(C)C)C(O)/C=C/CC/C=C/CC/C=C/CCCCCCCCCC. The number of nitrogens with zero attached hydrogens (tertiary/aromatic N) is 1. The molecular weight excluding hydrogens is 756 g/mol. The molecule has 3 unspecified atom stereocenters. The number of hydrogen-bond acceptors (Lipinski definition) is 6. The van der Waals surface area contributed by atoms with Crippen LogP contribution in [0.4, 0.5) is 0 Å². The first-order valence-electron chi connectivity index (χ1n) is 23.8. The Morgan fingerprint density at radius 1 is 0.593 bits per heavy atom. The second-order valence-corrected chi connectivity index (χ2v) is 18.5. The van der Waals surface area contributed by atoms with Crippen LogP contribution < -0.4 is 10.2 Å². The van der Waals surface area contributed by atoms with E-state index in [1.165, 1.54) is 96.3 Å². The topological polar surface area (TPSA) is 108 Å². The van der Waals surface area contributed by atoms with E-state index < -0.39 is 26.6 Å². The van der Waals surface area contributed by atoms with Crippen molar-refractivity contribution in [2.45, 2.75) is 199 Å². The number of amides is 1. The second-order valence-electron chi connectivity index (χ2n) is 17.1. The average Bonchev–Trinajstić information content (AvgIpc) is 3.19. The van der Waals surface area contributed by atoms with Crippen molar-refractivity contribution < 1.29 is 32.9 Å². The van der Waals surface area contributed by atoms with Gasteiger partial charge in [0.2, 0.25) is 5.91 Å². The predicted octanol–water partition coefficient (Wildman–Crippen LogP) is 12.9. The molecule has 0 aliphatic carbocycles. The molecule has 342 valence electrons. The van der Waals surface area contributed by atoms with E-state index in [-0.39, 0.29) is 12.5 Å². The highest BCUT2D eigenvalue weighted by atomic mass is 31.2. The number of carbonyl (C=O) groups excluding carboxylic acids is 1. The van der Waals surface area contributed by atoms with Crippen LogP contribution in [0.3, 0.4) is 0 Å². The van der Waals surface area contributed by atoms with E-state index in [0.29, 0.717) is 17.4 Å². The Morgan fingerprint density at radius 3 is 1.53 bits per heavy atom. The maximum atomic E-state index is 12.9. The van der Waals surface area contributed by atoms with Gasteiger partial charge in [0.1, 0.15) is 13.2 Å². The molecule has 0 saturated heterocycles. The summed E-state index contributed by atoms with van der Waals surface area (Å²) in [6, 6.07) is -0.920. The fraction of sp³-hybridized carbons (Fsp3) is 0.740. The average molecular weight is 847 g/mol. The number of phosphoric ester groups is 1. The van der Waals surface area contributed by atoms with Gasteiger partial charge in [-0.2, -0.15) is 0 Å². The number of carbonyl (C=O) groups is 1. The van der Waals surface area contributed by atoms with E-state index in [9.17, 15) is 19.4 Å². The Kier molecular flexibility index (Phi) is 39.9. The molecule has 0 aliphatic heterocycles. The number of likely N-dealkylation sites (N-methyl/N-ethyl adjacent to an activating group) is 1. The maximum Gasteiger partial charge on any atom is 0.268 e. The van der Waals surface area contributed by atoms with E-state index in [4.69, 9.17) is 9.05 Å². The first-order valence-corrected chi connectivity index (χ1v) is 25.3. The summed E-state index contributed by atoms with van der Waals surface area (Å²) >= 11 is 0. The zero-order valence-corrected chi connectivity index (χ0v) is 39.6. The summed E-state index contributed by atoms with van der Waals surface area (Å²) in [6.07, 6.45) is 55.2. The molecule has 0 aromatic carbocycles. The molecule has 0 rings (SSSR count). The Morgan fingerprint density at radius 2 is 1.00 bits per heavy atom. The molecule has 0 aliphatic rings. The van der Waals surface area contributed by atoms with E-state index >= 15 is 0 Å². The van der Waals surface area contributed by atoms with Crippen LogP contribution in [-0.2, 0) is 18.4 Å². The van der Waals surface area contributed by atoms with Gasteiger partial charge in [-0.05, 0) is 83.5 Å². The van der Waals surface area contributed by atoms with Gasteiger partial charge in [-0.1, -0.05) is 170 Å². The Bertz CT molecular complexity index is 1190. The molecule has 0 bridgehead atoms. The summed E-state index contributed by atoms with van der Waals surface area (Å²) in [5.74, 6) is -0.227. The van der Waals surface area contributed by atoms with Crippen LogP contribution in [0.2, 0.25) is 0 Å². The second kappa shape index (κ2) is 41.3. The van der Waals surface area contributed by atoms with E-state index in [0.717, 1.165) is 70.6 Å². The third kappa shape index (κ3) is 43.8. The van der Waals surface area contributed by atoms with Gasteiger partial charge in [-0.15, -0.1) is 0 Å². The lowest BCUT2D eigenvalue weighted by Gasteiger charge is -2.29. The highest BCUT2D eigenvalue weighted by Crippen LogP contribution is 2.38. The van der Waals surface area contributed by atoms with Crippen LogP contribution in [0.15, 0.2) is 72.9 Å². The summed E-state index contributed by atoms with van der Waals surface area (Å²) in [5.41, 5.74) is 0. The van der Waals surface area contributed by atoms with Crippen LogP contribution in [0.1, 0.15) is 187 Å². The number of hydrogen-bond donors (Lipinski definition) is 2. The van der Waals surface area contributed by atoms with Crippen LogP contribution in [-0.4, -0.2) is 68.5 Å². The van der Waals surface area contributed by atoms with Crippen LogP contribution in [0, 0.1) is 0 Å². The number of aliphatic hydroxyl groups is 1. The molecule has 2 N–H and O–H groups in total. The molecule has 3 atom stereocenters. The number of quaternary nitrogens is 1. The largest absolute Gasteiger partial charge is 0.756 e. The molecule has 0 heterocycles. The van der Waals surface area contributed by atoms with Crippen LogP contribution in [0.25, 0.3) is 0 Å². The van der Waals surface area contributed by atoms with Gasteiger partial charge >= 0.3 is 0 Å². The normalized spacial score (nSPS) is 14.9. The zero-order valence-electron chi connectivity index (χ0n) is 38.7. The van der Waals surface area contributed by atoms with Gasteiger partial charge in [0.05, 0.1) is 39.9 Å². The molecule has 59 heavy (non-hydrogen) atoms. The molecule has 0 fully saturated rings. The van der Waals surface area contributed by atoms with Gasteiger partial charge in [0, 0.05) is 6.42 Å². The lowest BCUT2D eigenvalue weighted by atomic mass is 10.1. The maximum absolute atomic E-state index is 12.9. The first kappa shape index (κ1) is 56.9. The highest BCUT2D eigenvalue weighted by Gasteiger charge is 2.23. The van der Waals surface area contributed by atoms with Crippen molar-refractivity contribution in [1.82, 2.24) is 5.32 Å². The summed E-state index contributed by atoms with van der Waals surface area (Å²) in [7, 11) is 1.21. The summed E-state index contributed by atoms with van der Waals surface area (Å²) in [4.78, 5) is 25.3. The van der Waals surface area contributed by atoms with Gasteiger partial charge in [0.25, 0.3) is 7.82 Å². The van der Waals surface area contributed by atoms with E-state index in [1.807, 2.05) is 27.2 Å². The fourth-order valence-electron chi connectivity index (χ4n) is 6.31. The number of allylic oxidation sites excluding steroid dienone is 11. The van der Waals surface area contributed by atoms with Crippen molar-refractivity contribution in [3.63, 3.8) is 0 Å². The molecule has 1 amide bonds. The minimum Gasteiger partial charge on any atom is -0.756 e. The standard InChI is InChI=1S/C50H91N2O6P/c1-6-8-10-12-14-16-18-20-22-24-26-28-30-32-34-36-38-40-42-44-50(54)51-48(47-58-59(55,56)57-46-45-52(3,4)5)49(53)43-41-39-37-35-33-31-29-27-25-23-21-19-17-15-13-11-9-7-2/h14,16,20,22,25-28,33,35,41,43,48-49,53H,6-13,15,17-19,21,23-24,29-32,34,36-40,42,44-47H2,1-5H3,(H-,51,54,55,56)/b16-14-,22-20-,27-25+,28-26-,35-33+,43-41+. The lowest BCUT2D eigenvalue weighted by molar-refractivity contribution is -0.870. The summed E-state index contributed by atoms with van der Waals surface area (Å²) < 4.78 is 23.2. The third-order valence-electron chi connectivity index (χ3n) is 10.1. The van der Waals surface area contributed by atoms with Crippen molar-refractivity contribution >= 4 is 13.7 Å². The van der Waals surface area contributed by atoms with Crippen molar-refractivity contribution in [2.75, 3.05) is 40.9 Å². The molecule has 8 nitrogen and oxygen atoms in total. The summed E-state index contributed by atoms with van der Waals surface area (Å²) in [6.45, 7) is 4.56. The quantitative estimate of drug-likeness (QED) is 0.0274. The van der Waals surface area contributed by atoms with Gasteiger partial charge in [0.15, 0.2) is 0 Å². The predicted molar refractivity (Wildman–Crippen MR) is 251 cm³/mol. The molecular formula is C50H91N2O6P. The van der Waals surface area contributed by atoms with Gasteiger partial charge in [-0.3, -0.25) is 9.36 Å². The van der Waals surface area contributed by atoms with Crippen LogP contribution in [0.5, 0.6) is 0 Å². The van der Waals surface area contributed by atoms with Crippen molar-refractivity contribution in [2.24, 2.45) is 0 Å². The zero-order chi connectivity index (χ0) is 43.6. The number of phosphoric acid groups is 1. The first-order chi connectivity index (χ1) is 28.5. The Balaban J connectivity index is 4.50. The Hall–Kier alpha value is -2.06. The molecule has 0 radical (unpaired) electrons. The fourth-order valence-corrected chi connectivity index (χ4v) is 7.03. The molecule has 0 aromatic rings. The molecule has 0 saturated carbocycles. The van der Waals surface area contributed by atoms with E-state index in [2.05, 4.69) is 79.9 Å². The van der Waals surface area contributed by atoms with Crippen molar-refractivity contribution in [3.05, 3.63) is 72.9 Å². The number of rotatable bonds is 42. The molecule has 0 spiro atoms. The minimum absolute atomic E-state index is 0.0151. The van der Waals surface area contributed by atoms with Gasteiger partial charge in [-0.25, -0.2) is 0 Å². The van der Waals surface area contributed by atoms with Gasteiger partial charge < -0.3 is 28.8 Å². The molecule has 0 aromatic heterocycles. The molecule has 9 heteroatoms. The summed E-state index contributed by atoms with van der Waals surface area (Å²) in [5, 5.41) is 13.8. The van der Waals surface area contributed by atoms with Crippen molar-refractivity contribution in [3.8, 4) is 0 Å². The van der Waals surface area contributed by atoms with E-state index in [1.54, 1.807) is 6.08 Å². The lowest BCUT2D eigenvalue weighted by Crippen LogP contribution is -2.45. The third-order valence-corrected chi connectivity index (χ3v) is 11.1. The smallest absolute Gasteiger partial charge is 0.268 e. The number of aliphatic hydroxyl groups excluding tert-OH is 1. The monoisotopic (exact) mass is 847 g/mol. The highest BCUT2D eigenvalue weighted by molar-refractivity contribution is 7.45. The number of nitrogens with one attached hydrogen (secondary N) is 1.